The molecule has 0 spiro atoms. The molecule has 1 unspecified atom stereocenters. The molecule has 1 aliphatic rings. The fourth-order valence-electron chi connectivity index (χ4n) is 2.04. The molecule has 0 aliphatic carbocycles. The van der Waals surface area contributed by atoms with Crippen LogP contribution in [0.4, 0.5) is 18.9 Å². The number of alkyl halides is 3. The lowest BCUT2D eigenvalue weighted by Crippen LogP contribution is -2.35. The average Bonchev–Trinajstić information content (AvgIpc) is 2.89. The van der Waals surface area contributed by atoms with E-state index in [2.05, 4.69) is 10.6 Å². The molecule has 1 aliphatic heterocycles. The normalized spacial score (nSPS) is 18.9. The summed E-state index contributed by atoms with van der Waals surface area (Å²) < 4.78 is 43.2. The highest BCUT2D eigenvalue weighted by Crippen LogP contribution is 2.31. The monoisotopic (exact) mass is 288 g/mol. The Morgan fingerprint density at radius 2 is 2.15 bits per heavy atom. The lowest BCUT2D eigenvalue weighted by molar-refractivity contribution is -0.137. The zero-order valence-electron chi connectivity index (χ0n) is 10.9. The van der Waals surface area contributed by atoms with E-state index in [0.717, 1.165) is 12.1 Å². The summed E-state index contributed by atoms with van der Waals surface area (Å²) in [5.74, 6) is -0.532. The topological polar surface area (TPSA) is 50.4 Å². The molecule has 4 nitrogen and oxygen atoms in total. The van der Waals surface area contributed by atoms with Crippen LogP contribution >= 0.6 is 0 Å². The Morgan fingerprint density at radius 1 is 1.40 bits per heavy atom. The minimum atomic E-state index is -4.47. The Kier molecular flexibility index (Phi) is 4.17. The maximum absolute atomic E-state index is 12.7. The quantitative estimate of drug-likeness (QED) is 0.897. The Labute approximate surface area is 114 Å². The summed E-state index contributed by atoms with van der Waals surface area (Å²) in [6.07, 6.45) is -3.81. The molecule has 1 aromatic rings. The van der Waals surface area contributed by atoms with Crippen LogP contribution in [0.15, 0.2) is 18.2 Å². The minimum absolute atomic E-state index is 0.0192. The Balaban J connectivity index is 2.25. The van der Waals surface area contributed by atoms with Gasteiger partial charge in [-0.15, -0.1) is 0 Å². The van der Waals surface area contributed by atoms with Gasteiger partial charge >= 0.3 is 6.18 Å². The largest absolute Gasteiger partial charge is 0.416 e. The molecule has 1 saturated heterocycles. The first-order valence-electron chi connectivity index (χ1n) is 6.19. The second-order valence-corrected chi connectivity index (χ2v) is 4.54. The van der Waals surface area contributed by atoms with E-state index in [4.69, 9.17) is 4.74 Å². The van der Waals surface area contributed by atoms with E-state index in [0.29, 0.717) is 25.3 Å². The third kappa shape index (κ3) is 3.22. The van der Waals surface area contributed by atoms with Crippen LogP contribution in [0.5, 0.6) is 0 Å². The van der Waals surface area contributed by atoms with Crippen LogP contribution in [-0.2, 0) is 10.9 Å². The van der Waals surface area contributed by atoms with Crippen molar-refractivity contribution in [2.24, 2.45) is 0 Å². The average molecular weight is 288 g/mol. The highest BCUT2D eigenvalue weighted by atomic mass is 19.4. The van der Waals surface area contributed by atoms with Crippen molar-refractivity contribution in [3.8, 4) is 0 Å². The smallest absolute Gasteiger partial charge is 0.387 e. The van der Waals surface area contributed by atoms with Crippen LogP contribution in [0.2, 0.25) is 0 Å². The first-order chi connectivity index (χ1) is 9.41. The van der Waals surface area contributed by atoms with E-state index in [1.165, 1.54) is 6.07 Å². The van der Waals surface area contributed by atoms with Crippen LogP contribution in [0.25, 0.3) is 0 Å². The van der Waals surface area contributed by atoms with Gasteiger partial charge in [0.05, 0.1) is 23.8 Å². The van der Waals surface area contributed by atoms with E-state index in [-0.39, 0.29) is 11.6 Å². The van der Waals surface area contributed by atoms with Crippen molar-refractivity contribution < 1.29 is 22.7 Å². The Hall–Kier alpha value is -1.76. The van der Waals surface area contributed by atoms with Gasteiger partial charge in [-0.25, -0.2) is 0 Å². The number of benzene rings is 1. The number of halogens is 3. The second-order valence-electron chi connectivity index (χ2n) is 4.54. The second kappa shape index (κ2) is 5.70. The number of rotatable bonds is 3. The number of nitrogens with one attached hydrogen (secondary N) is 2. The summed E-state index contributed by atoms with van der Waals surface area (Å²) in [6.45, 7) is 0.937. The lowest BCUT2D eigenvalue weighted by Gasteiger charge is -2.15. The molecule has 0 saturated carbocycles. The molecule has 0 aromatic heterocycles. The minimum Gasteiger partial charge on any atom is -0.387 e. The van der Waals surface area contributed by atoms with Crippen LogP contribution in [-0.4, -0.2) is 32.2 Å². The highest BCUT2D eigenvalue weighted by molar-refractivity contribution is 6.00. The summed E-state index contributed by atoms with van der Waals surface area (Å²) in [7, 11) is 1.55. The van der Waals surface area contributed by atoms with E-state index in [1.54, 1.807) is 7.05 Å². The first-order valence-corrected chi connectivity index (χ1v) is 6.19. The van der Waals surface area contributed by atoms with E-state index in [1.807, 2.05) is 0 Å². The van der Waals surface area contributed by atoms with Crippen LogP contribution in [0, 0.1) is 0 Å². The maximum atomic E-state index is 12.7. The summed E-state index contributed by atoms with van der Waals surface area (Å²) in [4.78, 5) is 12.1. The van der Waals surface area contributed by atoms with Gasteiger partial charge in [-0.1, -0.05) is 0 Å². The highest BCUT2D eigenvalue weighted by Gasteiger charge is 2.32. The van der Waals surface area contributed by atoms with Gasteiger partial charge in [-0.3, -0.25) is 4.79 Å². The summed E-state index contributed by atoms with van der Waals surface area (Å²) in [5, 5.41) is 5.40. The zero-order chi connectivity index (χ0) is 14.8. The SMILES string of the molecule is CNc1ccc(C(F)(F)F)cc1C(=O)NC1CCOC1. The molecule has 1 atom stereocenters. The molecule has 1 fully saturated rings. The molecule has 0 radical (unpaired) electrons. The van der Waals surface area contributed by atoms with Gasteiger partial charge in [0.1, 0.15) is 0 Å². The summed E-state index contributed by atoms with van der Waals surface area (Å²) in [6, 6.07) is 2.91. The predicted molar refractivity (Wildman–Crippen MR) is 67.7 cm³/mol. The fraction of sp³-hybridized carbons (Fsp3) is 0.462. The van der Waals surface area contributed by atoms with Gasteiger partial charge in [0, 0.05) is 19.3 Å². The molecule has 1 amide bonds. The molecule has 7 heteroatoms. The van der Waals surface area contributed by atoms with Crippen molar-refractivity contribution in [3.63, 3.8) is 0 Å². The third-order valence-corrected chi connectivity index (χ3v) is 3.13. The van der Waals surface area contributed by atoms with Gasteiger partial charge in [0.15, 0.2) is 0 Å². The van der Waals surface area contributed by atoms with Crippen molar-refractivity contribution in [1.29, 1.82) is 0 Å². The van der Waals surface area contributed by atoms with Gasteiger partial charge in [-0.05, 0) is 24.6 Å². The third-order valence-electron chi connectivity index (χ3n) is 3.13. The van der Waals surface area contributed by atoms with Gasteiger partial charge in [0.25, 0.3) is 5.91 Å². The predicted octanol–water partition coefficient (Wildman–Crippen LogP) is 2.27. The van der Waals surface area contributed by atoms with E-state index in [9.17, 15) is 18.0 Å². The van der Waals surface area contributed by atoms with Crippen LogP contribution in [0.1, 0.15) is 22.3 Å². The number of hydrogen-bond acceptors (Lipinski definition) is 3. The molecule has 20 heavy (non-hydrogen) atoms. The molecule has 110 valence electrons. The number of amides is 1. The molecule has 1 aromatic carbocycles. The Bertz CT molecular complexity index is 497. The maximum Gasteiger partial charge on any atom is 0.416 e. The fourth-order valence-corrected chi connectivity index (χ4v) is 2.04. The van der Waals surface area contributed by atoms with Gasteiger partial charge < -0.3 is 15.4 Å². The van der Waals surface area contributed by atoms with Crippen LogP contribution in [0.3, 0.4) is 0 Å². The molecule has 1 heterocycles. The number of hydrogen-bond donors (Lipinski definition) is 2. The molecular formula is C13H15F3N2O2. The number of anilines is 1. The molecule has 2 rings (SSSR count). The van der Waals surface area contributed by atoms with E-state index >= 15 is 0 Å². The van der Waals surface area contributed by atoms with Crippen molar-refractivity contribution >= 4 is 11.6 Å². The first kappa shape index (κ1) is 14.6. The molecule has 0 bridgehead atoms. The van der Waals surface area contributed by atoms with E-state index < -0.39 is 17.6 Å². The summed E-state index contributed by atoms with van der Waals surface area (Å²) in [5.41, 5.74) is -0.507. The molecule has 2 N–H and O–H groups in total. The van der Waals surface area contributed by atoms with Gasteiger partial charge in [-0.2, -0.15) is 13.2 Å². The number of ether oxygens (including phenoxy) is 1. The standard InChI is InChI=1S/C13H15F3N2O2/c1-17-11-3-2-8(13(14,15)16)6-10(11)12(19)18-9-4-5-20-7-9/h2-3,6,9,17H,4-5,7H2,1H3,(H,18,19). The van der Waals surface area contributed by atoms with Crippen LogP contribution < -0.4 is 10.6 Å². The Morgan fingerprint density at radius 3 is 2.70 bits per heavy atom. The van der Waals surface area contributed by atoms with Crippen molar-refractivity contribution in [2.45, 2.75) is 18.6 Å². The lowest BCUT2D eigenvalue weighted by atomic mass is 10.1. The molecular weight excluding hydrogens is 273 g/mol. The van der Waals surface area contributed by atoms with Crippen molar-refractivity contribution in [2.75, 3.05) is 25.6 Å². The summed E-state index contributed by atoms with van der Waals surface area (Å²) >= 11 is 0. The number of carbonyl (C=O) groups excluding carboxylic acids is 1. The van der Waals surface area contributed by atoms with Crippen molar-refractivity contribution in [1.82, 2.24) is 5.32 Å². The van der Waals surface area contributed by atoms with Gasteiger partial charge in [0.2, 0.25) is 0 Å². The zero-order valence-corrected chi connectivity index (χ0v) is 10.9. The number of carbonyl (C=O) groups is 1. The van der Waals surface area contributed by atoms with Crippen molar-refractivity contribution in [3.05, 3.63) is 29.3 Å².